The number of rotatable bonds is 6. The maximum Gasteiger partial charge on any atom is 0.248 e. The summed E-state index contributed by atoms with van der Waals surface area (Å²) in [4.78, 5) is 2.60. The summed E-state index contributed by atoms with van der Waals surface area (Å²) in [6, 6.07) is 51.7. The second-order valence-electron chi connectivity index (χ2n) is 15.7. The first kappa shape index (κ1) is 30.3. The zero-order valence-corrected chi connectivity index (χ0v) is 30.3. The van der Waals surface area contributed by atoms with E-state index in [1.54, 1.807) is 0 Å². The molecular weight excluding hydrogens is 676 g/mol. The van der Waals surface area contributed by atoms with Crippen LogP contribution in [0.4, 0.5) is 17.1 Å². The van der Waals surface area contributed by atoms with Gasteiger partial charge in [0.1, 0.15) is 23.7 Å². The van der Waals surface area contributed by atoms with Crippen molar-refractivity contribution in [1.29, 1.82) is 0 Å². The molecule has 0 bridgehead atoms. The largest absolute Gasteiger partial charge is 0.462 e. The first-order chi connectivity index (χ1) is 27.1. The number of hydrogen-bond acceptors (Lipinski definition) is 5. The summed E-state index contributed by atoms with van der Waals surface area (Å²) in [7, 11) is 0. The molecule has 4 unspecified atom stereocenters. The van der Waals surface area contributed by atoms with Gasteiger partial charge in [0.2, 0.25) is 26.0 Å². The first-order valence-electron chi connectivity index (χ1n) is 19.4. The van der Waals surface area contributed by atoms with Gasteiger partial charge in [-0.15, -0.1) is 0 Å². The van der Waals surface area contributed by atoms with E-state index in [-0.39, 0.29) is 38.2 Å². The maximum atomic E-state index is 6.03. The van der Waals surface area contributed by atoms with Crippen molar-refractivity contribution in [3.8, 4) is 56.0 Å². The van der Waals surface area contributed by atoms with E-state index in [9.17, 15) is 0 Å². The minimum absolute atomic E-state index is 0.144. The summed E-state index contributed by atoms with van der Waals surface area (Å²) in [5.41, 5.74) is 22.3. The van der Waals surface area contributed by atoms with Crippen LogP contribution in [0, 0.1) is 0 Å². The highest BCUT2D eigenvalue weighted by molar-refractivity contribution is 7.05. The number of fused-ring (bicyclic) bond motifs is 10. The molecule has 0 spiro atoms. The van der Waals surface area contributed by atoms with Gasteiger partial charge >= 0.3 is 0 Å². The number of epoxide rings is 2. The van der Waals surface area contributed by atoms with E-state index in [0.29, 0.717) is 0 Å². The molecule has 4 atom stereocenters. The summed E-state index contributed by atoms with van der Waals surface area (Å²) >= 11 is 0. The van der Waals surface area contributed by atoms with Gasteiger partial charge in [-0.25, -0.2) is 0 Å². The van der Waals surface area contributed by atoms with Crippen LogP contribution in [0.25, 0.3) is 44.5 Å². The molecule has 7 aromatic carbocycles. The van der Waals surface area contributed by atoms with Gasteiger partial charge in [0.25, 0.3) is 0 Å². The van der Waals surface area contributed by atoms with Gasteiger partial charge in [-0.05, 0) is 117 Å². The highest BCUT2D eigenvalue weighted by Gasteiger charge is 2.50. The van der Waals surface area contributed by atoms with Gasteiger partial charge < -0.3 is 23.8 Å². The van der Waals surface area contributed by atoms with E-state index < -0.39 is 0 Å². The van der Waals surface area contributed by atoms with E-state index in [1.807, 2.05) is 13.8 Å². The lowest BCUT2D eigenvalue weighted by molar-refractivity contribution is 0.178. The van der Waals surface area contributed by atoms with E-state index >= 15 is 0 Å². The van der Waals surface area contributed by atoms with Crippen molar-refractivity contribution >= 4 is 63.3 Å². The number of para-hydroxylation sites is 1. The standard InChI is InChI=1S/C48H33B2NO4/c1-26-47(52-26)54-30-18-14-28(15-19-30)32-22-24-40-44-42(32)34-8-3-5-10-36(34)49(44)38-12-7-13-39-46(38)51(40)41-25-23-33(29-16-20-31(21-17-29)55-48-27(2)53-48)43-35-9-4-6-11-37(35)50(39)45(41)43/h3-27,47-48H,1-2H3. The minimum Gasteiger partial charge on any atom is -0.462 e. The first-order valence-corrected chi connectivity index (χ1v) is 19.4. The lowest BCUT2D eigenvalue weighted by atomic mass is 9.32. The Kier molecular flexibility index (Phi) is 5.96. The van der Waals surface area contributed by atoms with Gasteiger partial charge in [0.05, 0.1) is 0 Å². The summed E-state index contributed by atoms with van der Waals surface area (Å²) in [6.07, 6.45) is -0.00609. The quantitative estimate of drug-likeness (QED) is 0.149. The van der Waals surface area contributed by atoms with Crippen molar-refractivity contribution < 1.29 is 18.9 Å². The molecule has 55 heavy (non-hydrogen) atoms. The van der Waals surface area contributed by atoms with Crippen molar-refractivity contribution in [3.05, 3.63) is 140 Å². The Morgan fingerprint density at radius 3 is 1.31 bits per heavy atom. The minimum atomic E-state index is -0.149. The Labute approximate surface area is 320 Å². The molecule has 0 N–H and O–H groups in total. The van der Waals surface area contributed by atoms with E-state index in [2.05, 4.69) is 144 Å². The molecule has 0 aliphatic carbocycles. The second-order valence-corrected chi connectivity index (χ2v) is 15.7. The van der Waals surface area contributed by atoms with Crippen molar-refractivity contribution in [2.45, 2.75) is 38.6 Å². The summed E-state index contributed by atoms with van der Waals surface area (Å²) < 4.78 is 23.1. The molecule has 2 saturated heterocycles. The molecule has 0 amide bonds. The van der Waals surface area contributed by atoms with Crippen LogP contribution >= 0.6 is 0 Å². The van der Waals surface area contributed by atoms with Gasteiger partial charge in [0, 0.05) is 17.1 Å². The lowest BCUT2D eigenvalue weighted by Gasteiger charge is -2.43. The average Bonchev–Trinajstić information content (AvgIpc) is 4.03. The predicted molar refractivity (Wildman–Crippen MR) is 222 cm³/mol. The number of ether oxygens (including phenoxy) is 4. The van der Waals surface area contributed by atoms with Crippen LogP contribution in [0.3, 0.4) is 0 Å². The monoisotopic (exact) mass is 709 g/mol. The predicted octanol–water partition coefficient (Wildman–Crippen LogP) is 6.36. The topological polar surface area (TPSA) is 46.8 Å². The van der Waals surface area contributed by atoms with Crippen molar-refractivity contribution in [3.63, 3.8) is 0 Å². The molecule has 2 fully saturated rings. The van der Waals surface area contributed by atoms with E-state index in [0.717, 1.165) is 11.5 Å². The fraction of sp³-hybridized carbons (Fsp3) is 0.125. The Hall–Kier alpha value is -6.01. The van der Waals surface area contributed by atoms with Crippen LogP contribution in [-0.4, -0.2) is 38.2 Å². The Bertz CT molecular complexity index is 2610. The average molecular weight is 709 g/mol. The molecule has 6 aliphatic heterocycles. The van der Waals surface area contributed by atoms with E-state index in [4.69, 9.17) is 18.9 Å². The third-order valence-corrected chi connectivity index (χ3v) is 12.7. The van der Waals surface area contributed by atoms with Crippen LogP contribution in [-0.2, 0) is 9.47 Å². The molecule has 7 aromatic rings. The summed E-state index contributed by atoms with van der Waals surface area (Å²) in [6.45, 7) is 4.36. The molecule has 0 aromatic heterocycles. The highest BCUT2D eigenvalue weighted by Crippen LogP contribution is 2.48. The van der Waals surface area contributed by atoms with Gasteiger partial charge in [0.15, 0.2) is 0 Å². The van der Waals surface area contributed by atoms with Gasteiger partial charge in [-0.3, -0.25) is 0 Å². The lowest BCUT2D eigenvalue weighted by Crippen LogP contribution is -2.62. The third kappa shape index (κ3) is 4.17. The SMILES string of the molecule is CC1OC1Oc1ccc(-c2ccc3c4c2-c2ccccc2B4c2cccc4c2N3c2ccc(-c3ccc(OC5OC5C)cc3)c3c2B4c2ccccc2-3)cc1. The zero-order chi connectivity index (χ0) is 36.1. The molecule has 13 rings (SSSR count). The molecule has 0 saturated carbocycles. The van der Waals surface area contributed by atoms with Crippen LogP contribution in [0.5, 0.6) is 11.5 Å². The Morgan fingerprint density at radius 2 is 0.873 bits per heavy atom. The smallest absolute Gasteiger partial charge is 0.248 e. The van der Waals surface area contributed by atoms with Gasteiger partial charge in [-0.1, -0.05) is 114 Å². The molecular formula is C48H33B2NO4. The molecule has 5 nitrogen and oxygen atoms in total. The molecule has 0 radical (unpaired) electrons. The van der Waals surface area contributed by atoms with E-state index in [1.165, 1.54) is 94.3 Å². The van der Waals surface area contributed by atoms with Crippen molar-refractivity contribution in [1.82, 2.24) is 0 Å². The number of nitrogens with zero attached hydrogens (tertiary/aromatic N) is 1. The number of anilines is 3. The van der Waals surface area contributed by atoms with Crippen LogP contribution < -0.4 is 47.2 Å². The van der Waals surface area contributed by atoms with Crippen molar-refractivity contribution in [2.24, 2.45) is 0 Å². The number of benzene rings is 7. The van der Waals surface area contributed by atoms with Gasteiger partial charge in [-0.2, -0.15) is 0 Å². The van der Waals surface area contributed by atoms with Crippen LogP contribution in [0.15, 0.2) is 140 Å². The number of hydrogen-bond donors (Lipinski definition) is 0. The molecule has 6 aliphatic rings. The van der Waals surface area contributed by atoms with Crippen LogP contribution in [0.1, 0.15) is 13.8 Å². The summed E-state index contributed by atoms with van der Waals surface area (Å²) in [5.74, 6) is 1.67. The zero-order valence-electron chi connectivity index (χ0n) is 30.3. The Balaban J connectivity index is 1.01. The molecule has 7 heteroatoms. The van der Waals surface area contributed by atoms with Crippen molar-refractivity contribution in [2.75, 3.05) is 4.90 Å². The fourth-order valence-corrected chi connectivity index (χ4v) is 10.1. The molecule has 260 valence electrons. The Morgan fingerprint density at radius 1 is 0.455 bits per heavy atom. The highest BCUT2D eigenvalue weighted by atomic mass is 16.8. The molecule has 6 heterocycles. The third-order valence-electron chi connectivity index (χ3n) is 12.7. The fourth-order valence-electron chi connectivity index (χ4n) is 10.1. The normalized spacial score (nSPS) is 20.7. The summed E-state index contributed by atoms with van der Waals surface area (Å²) in [5, 5.41) is 0. The second kappa shape index (κ2) is 10.8. The van der Waals surface area contributed by atoms with Crippen LogP contribution in [0.2, 0.25) is 0 Å². The maximum absolute atomic E-state index is 6.03.